The fourth-order valence-electron chi connectivity index (χ4n) is 21.5. The van der Waals surface area contributed by atoms with Gasteiger partial charge >= 0.3 is 29.8 Å². The fourth-order valence-corrected chi connectivity index (χ4v) is 26.2. The molecular weight excluding hydrogens is 2010 g/mol. The Morgan fingerprint density at radius 1 is 0.228 bits per heavy atom. The Morgan fingerprint density at radius 2 is 0.456 bits per heavy atom. The van der Waals surface area contributed by atoms with Crippen molar-refractivity contribution in [3.8, 4) is 0 Å². The van der Waals surface area contributed by atoms with Crippen molar-refractivity contribution in [3.05, 3.63) is 210 Å². The molecule has 0 bridgehead atoms. The van der Waals surface area contributed by atoms with Crippen LogP contribution in [0.15, 0.2) is 176 Å². The predicted molar refractivity (Wildman–Crippen MR) is 564 cm³/mol. The van der Waals surface area contributed by atoms with Gasteiger partial charge in [0.15, 0.2) is 0 Å². The number of aryl methyl sites for hydroxylation is 1. The van der Waals surface area contributed by atoms with Gasteiger partial charge in [-0.05, 0) is 176 Å². The van der Waals surface area contributed by atoms with Crippen molar-refractivity contribution in [3.63, 3.8) is 0 Å². The highest BCUT2D eigenvalue weighted by molar-refractivity contribution is 8.19. The van der Waals surface area contributed by atoms with E-state index in [9.17, 15) is 95.9 Å². The van der Waals surface area contributed by atoms with E-state index in [-0.39, 0.29) is 81.9 Å². The SMILES string of the molecule is O=C(O)CN1C(=O)S/C(=C2\C(=O)N(CC3CCCCC3)c3ccccc32)C1=O.O=C(O)CN1C(=O)S/C(=C2\C(=O)N(CCC3CCCCC3)c3ccccc32)C1=O.O=C(O)CN1C(=O)S/C(=C2\C(=O)N(CCCC3CCCCC3)c3ccccc32)C1=O.O=C(O)CN1C(=O)S/C(=C2\C(=O)N(CCCCC3CCCCC3)c3ccccc32)C1=O.O=C(O)CN1C(=O)S/C(=C2\C(=O)N(CCCCc3ccccc3)c3ccccc32)C1=O. The summed E-state index contributed by atoms with van der Waals surface area (Å²) in [5, 5.41) is 41.5. The van der Waals surface area contributed by atoms with Crippen LogP contribution >= 0.6 is 58.8 Å². The lowest BCUT2D eigenvalue weighted by Gasteiger charge is -2.27. The van der Waals surface area contributed by atoms with Crippen molar-refractivity contribution in [2.24, 2.45) is 23.7 Å². The summed E-state index contributed by atoms with van der Waals surface area (Å²) in [4.78, 5) is 258. The summed E-state index contributed by atoms with van der Waals surface area (Å²) in [6.45, 7) is -0.761. The zero-order chi connectivity index (χ0) is 106. The van der Waals surface area contributed by atoms with Gasteiger partial charge in [-0.2, -0.15) is 0 Å². The largest absolute Gasteiger partial charge is 0.480 e. The second-order valence-corrected chi connectivity index (χ2v) is 43.3. The van der Waals surface area contributed by atoms with Crippen molar-refractivity contribution >= 4 is 230 Å². The zero-order valence-corrected chi connectivity index (χ0v) is 85.8. The molecule has 10 aliphatic heterocycles. The maximum atomic E-state index is 13.3. The first kappa shape index (κ1) is 108. The zero-order valence-electron chi connectivity index (χ0n) is 81.7. The minimum absolute atomic E-state index is 0.00418. The summed E-state index contributed by atoms with van der Waals surface area (Å²) in [6.07, 6.45) is 33.4. The lowest BCUT2D eigenvalue weighted by atomic mass is 9.86. The van der Waals surface area contributed by atoms with Crippen LogP contribution in [0.5, 0.6) is 0 Å². The molecule has 4 saturated carbocycles. The van der Waals surface area contributed by atoms with Gasteiger partial charge in [0.25, 0.3) is 85.3 Å². The minimum atomic E-state index is -1.29. The number of carboxylic acid groups (broad SMARTS) is 5. The van der Waals surface area contributed by atoms with Gasteiger partial charge < -0.3 is 50.0 Å². The first-order valence-corrected chi connectivity index (χ1v) is 54.5. The second kappa shape index (κ2) is 49.1. The number of nitrogens with zero attached hydrogens (tertiary/aromatic N) is 10. The molecule has 35 nitrogen and oxygen atoms in total. The lowest BCUT2D eigenvalue weighted by Crippen LogP contribution is -2.34. The Kier molecular flexibility index (Phi) is 35.5. The molecule has 6 aromatic carbocycles. The van der Waals surface area contributed by atoms with E-state index >= 15 is 0 Å². The van der Waals surface area contributed by atoms with Gasteiger partial charge in [-0.1, -0.05) is 250 Å². The summed E-state index contributed by atoms with van der Waals surface area (Å²) in [6, 6.07) is 46.3. The number of benzene rings is 6. The van der Waals surface area contributed by atoms with Crippen LogP contribution in [-0.2, 0) is 78.3 Å². The molecule has 14 aliphatic rings. The third kappa shape index (κ3) is 24.4. The highest BCUT2D eigenvalue weighted by atomic mass is 32.2. The normalized spacial score (nSPS) is 21.5. The van der Waals surface area contributed by atoms with E-state index in [1.165, 1.54) is 115 Å². The van der Waals surface area contributed by atoms with Crippen LogP contribution in [0.25, 0.3) is 27.9 Å². The number of para-hydroxylation sites is 5. The number of amides is 15. The molecule has 778 valence electrons. The van der Waals surface area contributed by atoms with Crippen molar-refractivity contribution in [2.45, 2.75) is 186 Å². The summed E-state index contributed by atoms with van der Waals surface area (Å²) in [7, 11) is 0. The van der Waals surface area contributed by atoms with Gasteiger partial charge in [0.2, 0.25) is 0 Å². The van der Waals surface area contributed by atoms with Crippen LogP contribution in [0, 0.1) is 23.7 Å². The van der Waals surface area contributed by atoms with Crippen LogP contribution < -0.4 is 24.5 Å². The Morgan fingerprint density at radius 3 is 0.745 bits per heavy atom. The van der Waals surface area contributed by atoms with Crippen LogP contribution in [0.4, 0.5) is 52.4 Å². The Labute approximate surface area is 879 Å². The number of carboxylic acids is 5. The monoisotopic (exact) mass is 2120 g/mol. The van der Waals surface area contributed by atoms with E-state index < -0.39 is 118 Å². The Balaban J connectivity index is 0.000000133. The summed E-state index contributed by atoms with van der Waals surface area (Å²) in [5.41, 5.74) is 9.03. The molecule has 9 fully saturated rings. The van der Waals surface area contributed by atoms with Crippen molar-refractivity contribution in [1.82, 2.24) is 24.5 Å². The molecule has 4 aliphatic carbocycles. The molecule has 0 aromatic heterocycles. The molecule has 0 atom stereocenters. The van der Waals surface area contributed by atoms with Crippen molar-refractivity contribution in [1.29, 1.82) is 0 Å². The molecule has 40 heteroatoms. The van der Waals surface area contributed by atoms with Crippen LogP contribution in [-0.4, -0.2) is 231 Å². The number of fused-ring (bicyclic) bond motifs is 5. The second-order valence-electron chi connectivity index (χ2n) is 38.5. The maximum absolute atomic E-state index is 13.3. The highest BCUT2D eigenvalue weighted by Crippen LogP contribution is 2.52. The van der Waals surface area contributed by atoms with Crippen molar-refractivity contribution in [2.75, 3.05) is 89.9 Å². The molecule has 149 heavy (non-hydrogen) atoms. The highest BCUT2D eigenvalue weighted by Gasteiger charge is 2.51. The molecule has 10 heterocycles. The van der Waals surface area contributed by atoms with E-state index in [1.807, 2.05) is 78.9 Å². The van der Waals surface area contributed by atoms with Crippen molar-refractivity contribution < 1.29 is 121 Å². The standard InChI is InChI=1S/C23H26N2O5S.C23H20N2O5S.C22H24N2O5S.C21H22N2O5S.C20H20N2O5S/c2*26-18(27)14-25-22(29)20(31-23(25)30)19-16-11-4-5-12-17(16)24(21(19)28)13-7-6-10-15-8-2-1-3-9-15;25-17(26)13-24-21(28)19(30-22(24)29)18-15-10-4-5-11-16(15)23(20(18)27)12-6-9-14-7-2-1-3-8-14;24-16(25)12-23-20(27)18(29-21(23)28)17-14-8-4-5-9-15(14)22(19(17)26)11-10-13-6-2-1-3-7-13;23-15(24)11-22-19(26)17(28-20(22)27)16-13-8-4-5-9-14(13)21(18(16)25)10-12-6-2-1-3-7-12/h4-5,11-12,15H,1-3,6-10,13-14H2,(H,26,27);1-5,8-9,11-12H,6-7,10,13-14H2,(H,26,27);4-5,10-11,14H,1-3,6-9,12-13H2,(H,25,26);4-5,8-9,13H,1-3,6-7,10-12H2,(H,24,25);4-5,8-9,12H,1-3,6-7,10-11H2,(H,23,24)/b2*20-19-;19-18-;18-17-;17-16-. The van der Waals surface area contributed by atoms with Gasteiger partial charge in [-0.3, -0.25) is 120 Å². The first-order valence-electron chi connectivity index (χ1n) is 50.4. The average Bonchev–Trinajstić information content (AvgIpc) is 1.60. The summed E-state index contributed by atoms with van der Waals surface area (Å²) in [5.74, 6) is -8.90. The van der Waals surface area contributed by atoms with E-state index in [0.29, 0.717) is 161 Å². The van der Waals surface area contributed by atoms with Gasteiger partial charge in [-0.25, -0.2) is 0 Å². The van der Waals surface area contributed by atoms with Crippen LogP contribution in [0.3, 0.4) is 0 Å². The number of carbonyl (C=O) groups excluding carboxylic acids is 15. The smallest absolute Gasteiger partial charge is 0.323 e. The molecule has 6 aromatic rings. The third-order valence-electron chi connectivity index (χ3n) is 28.7. The fraction of sp³-hybridized carbons (Fsp3) is 0.394. The summed E-state index contributed by atoms with van der Waals surface area (Å²) < 4.78 is 0. The molecule has 5 saturated heterocycles. The van der Waals surface area contributed by atoms with Gasteiger partial charge in [0.05, 0.1) is 80.8 Å². The van der Waals surface area contributed by atoms with Crippen LogP contribution in [0.1, 0.15) is 213 Å². The molecule has 15 amide bonds. The summed E-state index contributed by atoms with van der Waals surface area (Å²) >= 11 is 3.19. The molecular formula is C109H112N10O25S5. The number of hydrogen-bond donors (Lipinski definition) is 5. The van der Waals surface area contributed by atoms with E-state index in [0.717, 1.165) is 112 Å². The maximum Gasteiger partial charge on any atom is 0.323 e. The molecule has 0 radical (unpaired) electrons. The van der Waals surface area contributed by atoms with Gasteiger partial charge in [-0.15, -0.1) is 0 Å². The predicted octanol–water partition coefficient (Wildman–Crippen LogP) is 18.3. The number of carbonyl (C=O) groups is 20. The number of hydrogen-bond acceptors (Lipinski definition) is 25. The van der Waals surface area contributed by atoms with E-state index in [4.69, 9.17) is 25.5 Å². The number of anilines is 5. The third-order valence-corrected chi connectivity index (χ3v) is 33.6. The Hall–Kier alpha value is -13.8. The quantitative estimate of drug-likeness (QED) is 0.0215. The molecule has 0 spiro atoms. The number of unbranched alkanes of at least 4 members (excludes halogenated alkanes) is 2. The molecule has 20 rings (SSSR count). The number of aliphatic carboxylic acids is 5. The molecule has 5 N–H and O–H groups in total. The minimum Gasteiger partial charge on any atom is -0.480 e. The average molecular weight is 2120 g/mol. The Bertz CT molecular complexity index is 6610. The number of rotatable bonds is 29. The van der Waals surface area contributed by atoms with E-state index in [2.05, 4.69) is 12.1 Å². The lowest BCUT2D eigenvalue weighted by molar-refractivity contribution is -0.141. The van der Waals surface area contributed by atoms with Gasteiger partial charge in [0, 0.05) is 60.5 Å². The first-order chi connectivity index (χ1) is 71.8. The van der Waals surface area contributed by atoms with Gasteiger partial charge in [0.1, 0.15) is 32.7 Å². The van der Waals surface area contributed by atoms with Crippen LogP contribution in [0.2, 0.25) is 0 Å². The van der Waals surface area contributed by atoms with E-state index in [1.54, 1.807) is 85.2 Å². The number of thioether (sulfide) groups is 5. The topological polar surface area (TPSA) is 475 Å². The molecule has 0 unspecified atom stereocenters. The number of imide groups is 5.